The van der Waals surface area contributed by atoms with Crippen LogP contribution in [0.1, 0.15) is 43.0 Å². The summed E-state index contributed by atoms with van der Waals surface area (Å²) in [6, 6.07) is 10.8. The van der Waals surface area contributed by atoms with Crippen molar-refractivity contribution in [3.63, 3.8) is 0 Å². The highest BCUT2D eigenvalue weighted by atomic mass is 16.6. The van der Waals surface area contributed by atoms with Crippen LogP contribution < -0.4 is 14.8 Å². The van der Waals surface area contributed by atoms with Crippen molar-refractivity contribution in [3.8, 4) is 11.5 Å². The predicted octanol–water partition coefficient (Wildman–Crippen LogP) is 4.30. The number of ether oxygens (including phenoxy) is 4. The molecule has 1 amide bonds. The zero-order valence-corrected chi connectivity index (χ0v) is 20.0. The lowest BCUT2D eigenvalue weighted by Gasteiger charge is -2.23. The zero-order chi connectivity index (χ0) is 24.2. The van der Waals surface area contributed by atoms with Crippen LogP contribution in [-0.2, 0) is 27.1 Å². The topological polar surface area (TPSA) is 83.1 Å². The van der Waals surface area contributed by atoms with Gasteiger partial charge in [-0.3, -0.25) is 0 Å². The van der Waals surface area contributed by atoms with E-state index >= 15 is 0 Å². The van der Waals surface area contributed by atoms with Crippen molar-refractivity contribution in [1.29, 1.82) is 0 Å². The fraction of sp³-hybridized carbons (Fsp3) is 0.385. The van der Waals surface area contributed by atoms with Crippen molar-refractivity contribution in [3.05, 3.63) is 64.7 Å². The average Bonchev–Trinajstić information content (AvgIpc) is 3.20. The van der Waals surface area contributed by atoms with E-state index in [1.165, 1.54) is 7.11 Å². The molecule has 1 aliphatic carbocycles. The number of alkyl carbamates (subject to hydrolysis) is 1. The van der Waals surface area contributed by atoms with Crippen LogP contribution >= 0.6 is 0 Å². The number of hydrogen-bond donors (Lipinski definition) is 1. The lowest BCUT2D eigenvalue weighted by molar-refractivity contribution is -0.143. The lowest BCUT2D eigenvalue weighted by Crippen LogP contribution is -2.45. The maximum atomic E-state index is 12.4. The van der Waals surface area contributed by atoms with Gasteiger partial charge < -0.3 is 24.3 Å². The highest BCUT2D eigenvalue weighted by Crippen LogP contribution is 2.43. The summed E-state index contributed by atoms with van der Waals surface area (Å²) in [6.07, 6.45) is 2.42. The average molecular weight is 454 g/mol. The molecule has 0 radical (unpaired) electrons. The first-order chi connectivity index (χ1) is 15.7. The minimum atomic E-state index is -0.874. The number of hydrogen-bond acceptors (Lipinski definition) is 6. The summed E-state index contributed by atoms with van der Waals surface area (Å²) in [7, 11) is 4.57. The van der Waals surface area contributed by atoms with Gasteiger partial charge in [-0.15, -0.1) is 0 Å². The van der Waals surface area contributed by atoms with Gasteiger partial charge in [0, 0.05) is 6.42 Å². The van der Waals surface area contributed by atoms with Crippen LogP contribution in [0.3, 0.4) is 0 Å². The summed E-state index contributed by atoms with van der Waals surface area (Å²) in [5, 5.41) is 2.65. The van der Waals surface area contributed by atoms with Crippen LogP contribution in [0.5, 0.6) is 11.5 Å². The van der Waals surface area contributed by atoms with E-state index in [9.17, 15) is 9.59 Å². The molecule has 7 nitrogen and oxygen atoms in total. The molecule has 33 heavy (non-hydrogen) atoms. The van der Waals surface area contributed by atoms with Gasteiger partial charge in [-0.05, 0) is 61.6 Å². The number of esters is 1. The Hall–Kier alpha value is -3.48. The largest absolute Gasteiger partial charge is 0.496 e. The number of allylic oxidation sites excluding steroid dienone is 1. The molecule has 2 aromatic rings. The van der Waals surface area contributed by atoms with Crippen LogP contribution in [0, 0.1) is 0 Å². The molecule has 3 rings (SSSR count). The van der Waals surface area contributed by atoms with Crippen molar-refractivity contribution in [2.45, 2.75) is 45.3 Å². The van der Waals surface area contributed by atoms with E-state index in [4.69, 9.17) is 18.9 Å². The minimum absolute atomic E-state index is 0.277. The molecule has 0 bridgehead atoms. The minimum Gasteiger partial charge on any atom is -0.496 e. The molecule has 1 atom stereocenters. The molecule has 7 heteroatoms. The highest BCUT2D eigenvalue weighted by Gasteiger charge is 2.28. The Labute approximate surface area is 194 Å². The maximum absolute atomic E-state index is 12.4. The standard InChI is InChI=1S/C26H31NO6/c1-26(2,3)33-25(29)27-20(24(28)32-6)15-16-9-7-10-18-17(16)13-14-19(18)23-21(30-4)11-8-12-22(23)31-5/h7-12,14,20H,13,15H2,1-6H3,(H,27,29)/t20-/m0/s1. The molecule has 0 aliphatic heterocycles. The maximum Gasteiger partial charge on any atom is 0.408 e. The quantitative estimate of drug-likeness (QED) is 0.630. The van der Waals surface area contributed by atoms with Crippen LogP contribution in [0.25, 0.3) is 5.57 Å². The third-order valence-corrected chi connectivity index (χ3v) is 5.37. The van der Waals surface area contributed by atoms with Gasteiger partial charge in [-0.2, -0.15) is 0 Å². The summed E-state index contributed by atoms with van der Waals surface area (Å²) in [5.41, 5.74) is 4.28. The Morgan fingerprint density at radius 1 is 1.00 bits per heavy atom. The highest BCUT2D eigenvalue weighted by molar-refractivity contribution is 5.90. The van der Waals surface area contributed by atoms with Crippen LogP contribution in [0.15, 0.2) is 42.5 Å². The van der Waals surface area contributed by atoms with E-state index in [2.05, 4.69) is 11.4 Å². The van der Waals surface area contributed by atoms with Gasteiger partial charge >= 0.3 is 12.1 Å². The second kappa shape index (κ2) is 9.98. The first-order valence-corrected chi connectivity index (χ1v) is 10.8. The lowest BCUT2D eigenvalue weighted by atomic mass is 9.92. The third kappa shape index (κ3) is 5.48. The Bertz CT molecular complexity index is 1040. The number of nitrogens with one attached hydrogen (secondary N) is 1. The first kappa shape index (κ1) is 24.2. The van der Waals surface area contributed by atoms with Gasteiger partial charge in [0.1, 0.15) is 23.1 Å². The molecule has 176 valence electrons. The molecule has 1 N–H and O–H groups in total. The third-order valence-electron chi connectivity index (χ3n) is 5.37. The number of methoxy groups -OCH3 is 3. The smallest absolute Gasteiger partial charge is 0.408 e. The molecule has 1 aliphatic rings. The molecule has 0 spiro atoms. The van der Waals surface area contributed by atoms with Gasteiger partial charge in [0.25, 0.3) is 0 Å². The summed E-state index contributed by atoms with van der Waals surface area (Å²) in [4.78, 5) is 24.7. The van der Waals surface area contributed by atoms with Crippen molar-refractivity contribution in [2.75, 3.05) is 21.3 Å². The van der Waals surface area contributed by atoms with Gasteiger partial charge in [-0.1, -0.05) is 30.3 Å². The summed E-state index contributed by atoms with van der Waals surface area (Å²) >= 11 is 0. The first-order valence-electron chi connectivity index (χ1n) is 10.8. The van der Waals surface area contributed by atoms with Crippen molar-refractivity contribution in [1.82, 2.24) is 5.32 Å². The molecule has 2 aromatic carbocycles. The number of fused-ring (bicyclic) bond motifs is 1. The molecule has 0 fully saturated rings. The Morgan fingerprint density at radius 2 is 1.64 bits per heavy atom. The molecule has 0 aromatic heterocycles. The van der Waals surface area contributed by atoms with Crippen molar-refractivity contribution in [2.24, 2.45) is 0 Å². The fourth-order valence-electron chi connectivity index (χ4n) is 3.99. The predicted molar refractivity (Wildman–Crippen MR) is 126 cm³/mol. The van der Waals surface area contributed by atoms with Crippen LogP contribution in [0.4, 0.5) is 4.79 Å². The molecule has 0 heterocycles. The van der Waals surface area contributed by atoms with E-state index in [-0.39, 0.29) is 6.42 Å². The molecular weight excluding hydrogens is 422 g/mol. The van der Waals surface area contributed by atoms with Crippen molar-refractivity contribution >= 4 is 17.6 Å². The number of amides is 1. The van der Waals surface area contributed by atoms with Gasteiger partial charge in [0.15, 0.2) is 0 Å². The van der Waals surface area contributed by atoms with Crippen LogP contribution in [-0.4, -0.2) is 45.0 Å². The summed E-state index contributed by atoms with van der Waals surface area (Å²) in [6.45, 7) is 5.30. The normalized spacial score (nSPS) is 13.5. The number of carbonyl (C=O) groups excluding carboxylic acids is 2. The van der Waals surface area contributed by atoms with Gasteiger partial charge in [0.05, 0.1) is 26.9 Å². The fourth-order valence-corrected chi connectivity index (χ4v) is 3.99. The van der Waals surface area contributed by atoms with E-state index in [1.807, 2.05) is 36.4 Å². The monoisotopic (exact) mass is 453 g/mol. The molecule has 0 saturated carbocycles. The molecular formula is C26H31NO6. The SMILES string of the molecule is COC(=O)[C@H](Cc1cccc2c1CC=C2c1c(OC)cccc1OC)NC(=O)OC(C)(C)C. The Balaban J connectivity index is 1.92. The van der Waals surface area contributed by atoms with Crippen molar-refractivity contribution < 1.29 is 28.5 Å². The van der Waals surface area contributed by atoms with E-state index in [0.717, 1.165) is 39.3 Å². The van der Waals surface area contributed by atoms with E-state index < -0.39 is 23.7 Å². The van der Waals surface area contributed by atoms with Gasteiger partial charge in [0.2, 0.25) is 0 Å². The van der Waals surface area contributed by atoms with E-state index in [0.29, 0.717) is 6.42 Å². The van der Waals surface area contributed by atoms with Gasteiger partial charge in [-0.25, -0.2) is 9.59 Å². The Morgan fingerprint density at radius 3 is 2.21 bits per heavy atom. The van der Waals surface area contributed by atoms with E-state index in [1.54, 1.807) is 35.0 Å². The Kier molecular flexibility index (Phi) is 7.31. The summed E-state index contributed by atoms with van der Waals surface area (Å²) < 4.78 is 21.4. The second-order valence-corrected chi connectivity index (χ2v) is 8.73. The number of benzene rings is 2. The molecule has 0 saturated heterocycles. The van der Waals surface area contributed by atoms with Crippen LogP contribution in [0.2, 0.25) is 0 Å². The zero-order valence-electron chi connectivity index (χ0n) is 20.0. The molecule has 0 unspecified atom stereocenters. The number of rotatable bonds is 7. The number of carbonyl (C=O) groups is 2. The summed E-state index contributed by atoms with van der Waals surface area (Å²) in [5.74, 6) is 0.909. The second-order valence-electron chi connectivity index (χ2n) is 8.73.